The van der Waals surface area contributed by atoms with Crippen molar-refractivity contribution in [3.63, 3.8) is 0 Å². The molecular formula is C19H19Cl2N3OS. The number of halogens is 2. The van der Waals surface area contributed by atoms with Crippen molar-refractivity contribution in [1.29, 1.82) is 0 Å². The van der Waals surface area contributed by atoms with E-state index in [9.17, 15) is 4.79 Å². The second-order valence-electron chi connectivity index (χ2n) is 6.18. The molecule has 0 bridgehead atoms. The van der Waals surface area contributed by atoms with Crippen LogP contribution in [-0.4, -0.2) is 15.9 Å². The highest BCUT2D eigenvalue weighted by atomic mass is 35.5. The van der Waals surface area contributed by atoms with Crippen molar-refractivity contribution in [3.8, 4) is 0 Å². The number of fused-ring (bicyclic) bond motifs is 1. The fourth-order valence-electron chi connectivity index (χ4n) is 2.96. The fourth-order valence-corrected chi connectivity index (χ4v) is 4.69. The Morgan fingerprint density at radius 3 is 2.65 bits per heavy atom. The zero-order chi connectivity index (χ0) is 19.0. The van der Waals surface area contributed by atoms with Crippen LogP contribution < -0.4 is 5.32 Å². The number of thiophene rings is 1. The number of rotatable bonds is 4. The molecular weight excluding hydrogens is 389 g/mol. The lowest BCUT2D eigenvalue weighted by Gasteiger charge is -2.15. The van der Waals surface area contributed by atoms with Crippen LogP contribution in [0.15, 0.2) is 18.2 Å². The van der Waals surface area contributed by atoms with Crippen LogP contribution in [0.5, 0.6) is 0 Å². The molecule has 0 spiro atoms. The molecule has 2 heterocycles. The Balaban J connectivity index is 1.92. The van der Waals surface area contributed by atoms with Crippen LogP contribution in [0.3, 0.4) is 0 Å². The predicted molar refractivity (Wildman–Crippen MR) is 109 cm³/mol. The summed E-state index contributed by atoms with van der Waals surface area (Å²) in [5.41, 5.74) is 2.65. The predicted octanol–water partition coefficient (Wildman–Crippen LogP) is 5.67. The zero-order valence-electron chi connectivity index (χ0n) is 15.0. The van der Waals surface area contributed by atoms with Gasteiger partial charge >= 0.3 is 0 Å². The van der Waals surface area contributed by atoms with Crippen molar-refractivity contribution >= 4 is 50.7 Å². The minimum Gasteiger partial charge on any atom is -0.345 e. The molecule has 0 radical (unpaired) electrons. The summed E-state index contributed by atoms with van der Waals surface area (Å²) >= 11 is 13.6. The van der Waals surface area contributed by atoms with Crippen molar-refractivity contribution in [2.75, 3.05) is 0 Å². The number of hydrogen-bond donors (Lipinski definition) is 1. The van der Waals surface area contributed by atoms with Gasteiger partial charge in [0, 0.05) is 27.5 Å². The molecule has 0 saturated carbocycles. The number of nitrogens with zero attached hydrogens (tertiary/aromatic N) is 2. The summed E-state index contributed by atoms with van der Waals surface area (Å²) in [7, 11) is 0. The Bertz CT molecular complexity index is 1000. The Morgan fingerprint density at radius 2 is 2.00 bits per heavy atom. The number of carbonyl (C=O) groups excluding carboxylic acids is 1. The van der Waals surface area contributed by atoms with Gasteiger partial charge in [0.15, 0.2) is 0 Å². The smallest absolute Gasteiger partial charge is 0.262 e. The lowest BCUT2D eigenvalue weighted by Crippen LogP contribution is -2.26. The van der Waals surface area contributed by atoms with Crippen LogP contribution in [0.25, 0.3) is 10.2 Å². The van der Waals surface area contributed by atoms with Gasteiger partial charge in [0.05, 0.1) is 10.9 Å². The molecule has 2 aromatic heterocycles. The minimum absolute atomic E-state index is 0.138. The van der Waals surface area contributed by atoms with Gasteiger partial charge in [0.1, 0.15) is 10.7 Å². The lowest BCUT2D eigenvalue weighted by atomic mass is 10.1. The van der Waals surface area contributed by atoms with E-state index in [4.69, 9.17) is 23.2 Å². The normalized spacial score (nSPS) is 12.4. The molecule has 0 aliphatic carbocycles. The molecule has 1 aromatic carbocycles. The van der Waals surface area contributed by atoms with E-state index in [1.807, 2.05) is 33.8 Å². The summed E-state index contributed by atoms with van der Waals surface area (Å²) in [5.74, 6) is 0.658. The first-order chi connectivity index (χ1) is 12.3. The van der Waals surface area contributed by atoms with Crippen molar-refractivity contribution in [2.45, 2.75) is 40.2 Å². The number of amides is 1. The third kappa shape index (κ3) is 3.56. The van der Waals surface area contributed by atoms with Gasteiger partial charge in [0.2, 0.25) is 0 Å². The van der Waals surface area contributed by atoms with E-state index in [2.05, 4.69) is 15.3 Å². The number of hydrogen-bond acceptors (Lipinski definition) is 4. The van der Waals surface area contributed by atoms with Gasteiger partial charge < -0.3 is 5.32 Å². The van der Waals surface area contributed by atoms with Crippen LogP contribution in [0.4, 0.5) is 0 Å². The molecule has 0 aliphatic rings. The van der Waals surface area contributed by atoms with Gasteiger partial charge in [0.25, 0.3) is 5.91 Å². The number of aromatic nitrogens is 2. The molecule has 136 valence electrons. The molecule has 1 unspecified atom stereocenters. The fraction of sp³-hybridized carbons (Fsp3) is 0.316. The van der Waals surface area contributed by atoms with Gasteiger partial charge in [-0.25, -0.2) is 9.97 Å². The first-order valence-corrected chi connectivity index (χ1v) is 9.91. The summed E-state index contributed by atoms with van der Waals surface area (Å²) in [5, 5.41) is 5.09. The molecule has 0 fully saturated rings. The maximum Gasteiger partial charge on any atom is 0.262 e. The van der Waals surface area contributed by atoms with Crippen LogP contribution in [-0.2, 0) is 6.42 Å². The number of aryl methyl sites for hydroxylation is 3. The monoisotopic (exact) mass is 407 g/mol. The maximum atomic E-state index is 12.8. The first kappa shape index (κ1) is 19.1. The molecule has 3 aromatic rings. The van der Waals surface area contributed by atoms with E-state index in [0.29, 0.717) is 14.9 Å². The summed E-state index contributed by atoms with van der Waals surface area (Å²) in [6, 6.07) is 5.03. The maximum absolute atomic E-state index is 12.8. The minimum atomic E-state index is -0.240. The van der Waals surface area contributed by atoms with Crippen molar-refractivity contribution in [1.82, 2.24) is 15.3 Å². The van der Waals surface area contributed by atoms with E-state index < -0.39 is 0 Å². The zero-order valence-corrected chi connectivity index (χ0v) is 17.3. The van der Waals surface area contributed by atoms with Gasteiger partial charge in [-0.05, 0) is 44.0 Å². The molecule has 7 heteroatoms. The van der Waals surface area contributed by atoms with Crippen molar-refractivity contribution in [3.05, 3.63) is 55.8 Å². The molecule has 0 aliphatic heterocycles. The van der Waals surface area contributed by atoms with Crippen LogP contribution in [0.2, 0.25) is 10.0 Å². The number of carbonyl (C=O) groups is 1. The third-order valence-corrected chi connectivity index (χ3v) is 6.06. The quantitative estimate of drug-likeness (QED) is 0.605. The Morgan fingerprint density at radius 1 is 1.27 bits per heavy atom. The summed E-state index contributed by atoms with van der Waals surface area (Å²) in [6.45, 7) is 7.82. The summed E-state index contributed by atoms with van der Waals surface area (Å²) in [4.78, 5) is 23.4. The van der Waals surface area contributed by atoms with E-state index in [0.717, 1.165) is 39.3 Å². The van der Waals surface area contributed by atoms with E-state index in [1.54, 1.807) is 12.1 Å². The highest BCUT2D eigenvalue weighted by Gasteiger charge is 2.21. The largest absolute Gasteiger partial charge is 0.345 e. The standard InChI is InChI=1S/C19H19Cl2N3OS/c1-5-15-22-11(4)16-9(2)17(26-19(16)24-15)18(25)23-10(3)13-7-6-12(20)8-14(13)21/h6-8,10H,5H2,1-4H3,(H,23,25). The molecule has 26 heavy (non-hydrogen) atoms. The van der Waals surface area contributed by atoms with Crippen LogP contribution >= 0.6 is 34.5 Å². The second-order valence-corrected chi connectivity index (χ2v) is 8.02. The highest BCUT2D eigenvalue weighted by molar-refractivity contribution is 7.20. The average molecular weight is 408 g/mol. The lowest BCUT2D eigenvalue weighted by molar-refractivity contribution is 0.0943. The molecule has 1 amide bonds. The second kappa shape index (κ2) is 7.51. The Hall–Kier alpha value is -1.69. The molecule has 4 nitrogen and oxygen atoms in total. The van der Waals surface area contributed by atoms with Crippen LogP contribution in [0.1, 0.15) is 52.2 Å². The first-order valence-electron chi connectivity index (χ1n) is 8.34. The molecule has 1 atom stereocenters. The van der Waals surface area contributed by atoms with Crippen LogP contribution in [0, 0.1) is 13.8 Å². The third-order valence-electron chi connectivity index (χ3n) is 4.32. The van der Waals surface area contributed by atoms with Gasteiger partial charge in [-0.15, -0.1) is 11.3 Å². The summed E-state index contributed by atoms with van der Waals surface area (Å²) in [6.07, 6.45) is 0.765. The van der Waals surface area contributed by atoms with Crippen molar-refractivity contribution < 1.29 is 4.79 Å². The van der Waals surface area contributed by atoms with Gasteiger partial charge in [-0.3, -0.25) is 4.79 Å². The van der Waals surface area contributed by atoms with Gasteiger partial charge in [-0.2, -0.15) is 0 Å². The summed E-state index contributed by atoms with van der Waals surface area (Å²) < 4.78 is 0. The van der Waals surface area contributed by atoms with E-state index in [-0.39, 0.29) is 11.9 Å². The molecule has 1 N–H and O–H groups in total. The van der Waals surface area contributed by atoms with Gasteiger partial charge in [-0.1, -0.05) is 36.2 Å². The Kier molecular flexibility index (Phi) is 5.51. The van der Waals surface area contributed by atoms with E-state index in [1.165, 1.54) is 11.3 Å². The average Bonchev–Trinajstić information content (AvgIpc) is 2.91. The topological polar surface area (TPSA) is 54.9 Å². The number of benzene rings is 1. The number of nitrogens with one attached hydrogen (secondary N) is 1. The molecule has 3 rings (SSSR count). The van der Waals surface area contributed by atoms with Crippen molar-refractivity contribution in [2.24, 2.45) is 0 Å². The SMILES string of the molecule is CCc1nc(C)c2c(C)c(C(=O)NC(C)c3ccc(Cl)cc3Cl)sc2n1. The van der Waals surface area contributed by atoms with E-state index >= 15 is 0 Å². The highest BCUT2D eigenvalue weighted by Crippen LogP contribution is 2.32. The molecule has 0 saturated heterocycles. The Labute approximate surface area is 166 Å².